The predicted octanol–water partition coefficient (Wildman–Crippen LogP) is 2.65. The van der Waals surface area contributed by atoms with Crippen LogP contribution in [0.2, 0.25) is 0 Å². The Labute approximate surface area is 96.9 Å². The van der Waals surface area contributed by atoms with Gasteiger partial charge in [0.15, 0.2) is 0 Å². The molecule has 16 heavy (non-hydrogen) atoms. The lowest BCUT2D eigenvalue weighted by Gasteiger charge is -2.35. The van der Waals surface area contributed by atoms with Crippen LogP contribution in [-0.2, 0) is 0 Å². The first-order valence-corrected chi connectivity index (χ1v) is 6.01. The van der Waals surface area contributed by atoms with Gasteiger partial charge in [0.2, 0.25) is 5.95 Å². The Kier molecular flexibility index (Phi) is 3.27. The monoisotopic (exact) mass is 220 g/mol. The number of aromatic nitrogens is 2. The molecular formula is C12H20N4. The summed E-state index contributed by atoms with van der Waals surface area (Å²) in [5, 5.41) is 6.50. The Morgan fingerprint density at radius 2 is 2.00 bits per heavy atom. The lowest BCUT2D eigenvalue weighted by atomic mass is 9.83. The van der Waals surface area contributed by atoms with Gasteiger partial charge in [0, 0.05) is 18.8 Å². The molecule has 0 amide bonds. The molecule has 1 fully saturated rings. The topological polar surface area (TPSA) is 49.8 Å². The van der Waals surface area contributed by atoms with Crippen LogP contribution >= 0.6 is 0 Å². The Balaban J connectivity index is 2.07. The number of hydrogen-bond donors (Lipinski definition) is 2. The highest BCUT2D eigenvalue weighted by Crippen LogP contribution is 2.30. The molecule has 1 aromatic heterocycles. The molecule has 0 atom stereocenters. The average molecular weight is 220 g/mol. The normalized spacial score (nSPS) is 19.1. The molecule has 0 saturated heterocycles. The summed E-state index contributed by atoms with van der Waals surface area (Å²) in [4.78, 5) is 8.51. The number of nitrogens with zero attached hydrogens (tertiary/aromatic N) is 2. The van der Waals surface area contributed by atoms with Gasteiger partial charge in [0.25, 0.3) is 0 Å². The molecule has 1 saturated carbocycles. The van der Waals surface area contributed by atoms with Crippen LogP contribution in [0.3, 0.4) is 0 Å². The minimum atomic E-state index is 0.206. The maximum atomic E-state index is 4.40. The second-order valence-corrected chi connectivity index (χ2v) is 4.76. The minimum absolute atomic E-state index is 0.206. The third-order valence-corrected chi connectivity index (χ3v) is 3.27. The Bertz CT molecular complexity index is 345. The molecule has 4 nitrogen and oxygen atoms in total. The summed E-state index contributed by atoms with van der Waals surface area (Å²) in [5.74, 6) is 1.59. The van der Waals surface area contributed by atoms with E-state index in [2.05, 4.69) is 27.5 Å². The van der Waals surface area contributed by atoms with Crippen molar-refractivity contribution in [3.63, 3.8) is 0 Å². The summed E-state index contributed by atoms with van der Waals surface area (Å²) >= 11 is 0. The molecule has 1 aliphatic rings. The van der Waals surface area contributed by atoms with E-state index in [1.54, 1.807) is 6.20 Å². The fourth-order valence-corrected chi connectivity index (χ4v) is 2.32. The van der Waals surface area contributed by atoms with Crippen molar-refractivity contribution in [2.24, 2.45) is 0 Å². The molecule has 4 heteroatoms. The fraction of sp³-hybridized carbons (Fsp3) is 0.667. The van der Waals surface area contributed by atoms with Crippen molar-refractivity contribution < 1.29 is 0 Å². The van der Waals surface area contributed by atoms with Crippen molar-refractivity contribution in [2.45, 2.75) is 44.6 Å². The van der Waals surface area contributed by atoms with Crippen molar-refractivity contribution in [1.82, 2.24) is 9.97 Å². The van der Waals surface area contributed by atoms with Crippen LogP contribution < -0.4 is 10.6 Å². The molecule has 0 bridgehead atoms. The molecule has 1 aromatic rings. The summed E-state index contributed by atoms with van der Waals surface area (Å²) in [6.45, 7) is 2.29. The molecule has 0 radical (unpaired) electrons. The summed E-state index contributed by atoms with van der Waals surface area (Å²) < 4.78 is 0. The van der Waals surface area contributed by atoms with Crippen LogP contribution in [-0.4, -0.2) is 22.6 Å². The molecule has 1 aliphatic carbocycles. The molecule has 1 heterocycles. The lowest BCUT2D eigenvalue weighted by Crippen LogP contribution is -2.37. The zero-order chi connectivity index (χ0) is 11.4. The van der Waals surface area contributed by atoms with Gasteiger partial charge in [-0.2, -0.15) is 4.98 Å². The molecule has 0 aromatic carbocycles. The first-order valence-electron chi connectivity index (χ1n) is 6.01. The smallest absolute Gasteiger partial charge is 0.224 e. The maximum absolute atomic E-state index is 4.40. The highest BCUT2D eigenvalue weighted by Gasteiger charge is 2.26. The highest BCUT2D eigenvalue weighted by molar-refractivity contribution is 5.41. The fourth-order valence-electron chi connectivity index (χ4n) is 2.32. The summed E-state index contributed by atoms with van der Waals surface area (Å²) in [5.41, 5.74) is 0.206. The first kappa shape index (κ1) is 11.2. The summed E-state index contributed by atoms with van der Waals surface area (Å²) in [6, 6.07) is 1.93. The van der Waals surface area contributed by atoms with Gasteiger partial charge in [-0.3, -0.25) is 0 Å². The second kappa shape index (κ2) is 4.68. The van der Waals surface area contributed by atoms with Crippen molar-refractivity contribution in [1.29, 1.82) is 0 Å². The van der Waals surface area contributed by atoms with Crippen LogP contribution in [0, 0.1) is 0 Å². The average Bonchev–Trinajstić information content (AvgIpc) is 2.29. The Hall–Kier alpha value is -1.32. The van der Waals surface area contributed by atoms with Gasteiger partial charge in [-0.1, -0.05) is 19.3 Å². The van der Waals surface area contributed by atoms with Crippen molar-refractivity contribution in [3.8, 4) is 0 Å². The van der Waals surface area contributed by atoms with E-state index in [0.29, 0.717) is 5.95 Å². The third-order valence-electron chi connectivity index (χ3n) is 3.27. The zero-order valence-electron chi connectivity index (χ0n) is 10.1. The van der Waals surface area contributed by atoms with Crippen molar-refractivity contribution >= 4 is 11.8 Å². The van der Waals surface area contributed by atoms with Crippen LogP contribution in [0.25, 0.3) is 0 Å². The van der Waals surface area contributed by atoms with Gasteiger partial charge >= 0.3 is 0 Å². The zero-order valence-corrected chi connectivity index (χ0v) is 10.1. The van der Waals surface area contributed by atoms with Crippen LogP contribution in [0.15, 0.2) is 12.3 Å². The predicted molar refractivity (Wildman–Crippen MR) is 66.7 cm³/mol. The van der Waals surface area contributed by atoms with Crippen molar-refractivity contribution in [2.75, 3.05) is 17.7 Å². The minimum Gasteiger partial charge on any atom is -0.365 e. The maximum Gasteiger partial charge on any atom is 0.224 e. The number of anilines is 2. The van der Waals surface area contributed by atoms with Crippen molar-refractivity contribution in [3.05, 3.63) is 12.3 Å². The molecular weight excluding hydrogens is 200 g/mol. The molecule has 2 rings (SSSR count). The first-order chi connectivity index (χ1) is 7.72. The number of rotatable bonds is 3. The van der Waals surface area contributed by atoms with E-state index in [9.17, 15) is 0 Å². The molecule has 0 spiro atoms. The summed E-state index contributed by atoms with van der Waals surface area (Å²) in [6.07, 6.45) is 8.23. The van der Waals surface area contributed by atoms with Gasteiger partial charge < -0.3 is 10.6 Å². The SMILES string of the molecule is CNc1nccc(NC2(C)CCCCC2)n1. The van der Waals surface area contributed by atoms with Gasteiger partial charge in [-0.25, -0.2) is 4.98 Å². The van der Waals surface area contributed by atoms with Gasteiger partial charge in [0.05, 0.1) is 0 Å². The number of nitrogens with one attached hydrogen (secondary N) is 2. The second-order valence-electron chi connectivity index (χ2n) is 4.76. The lowest BCUT2D eigenvalue weighted by molar-refractivity contribution is 0.348. The van der Waals surface area contributed by atoms with E-state index in [0.717, 1.165) is 5.82 Å². The van der Waals surface area contributed by atoms with E-state index >= 15 is 0 Å². The van der Waals surface area contributed by atoms with E-state index in [1.807, 2.05) is 13.1 Å². The van der Waals surface area contributed by atoms with Crippen LogP contribution in [0.5, 0.6) is 0 Å². The van der Waals surface area contributed by atoms with E-state index in [1.165, 1.54) is 32.1 Å². The van der Waals surface area contributed by atoms with Gasteiger partial charge in [0.1, 0.15) is 5.82 Å². The van der Waals surface area contributed by atoms with E-state index < -0.39 is 0 Å². The molecule has 88 valence electrons. The van der Waals surface area contributed by atoms with E-state index in [4.69, 9.17) is 0 Å². The van der Waals surface area contributed by atoms with Gasteiger partial charge in [-0.15, -0.1) is 0 Å². The third kappa shape index (κ3) is 2.62. The van der Waals surface area contributed by atoms with Gasteiger partial charge in [-0.05, 0) is 25.8 Å². The molecule has 2 N–H and O–H groups in total. The Morgan fingerprint density at radius 3 is 2.69 bits per heavy atom. The number of hydrogen-bond acceptors (Lipinski definition) is 4. The van der Waals surface area contributed by atoms with Crippen LogP contribution in [0.4, 0.5) is 11.8 Å². The Morgan fingerprint density at radius 1 is 1.25 bits per heavy atom. The largest absolute Gasteiger partial charge is 0.365 e. The molecule has 0 unspecified atom stereocenters. The van der Waals surface area contributed by atoms with Crippen LogP contribution in [0.1, 0.15) is 39.0 Å². The van der Waals surface area contributed by atoms with E-state index in [-0.39, 0.29) is 5.54 Å². The highest BCUT2D eigenvalue weighted by atomic mass is 15.1. The quantitative estimate of drug-likeness (QED) is 0.822. The standard InChI is InChI=1S/C12H20N4/c1-12(7-4-3-5-8-12)16-10-6-9-14-11(13-2)15-10/h6,9H,3-5,7-8H2,1-2H3,(H2,13,14,15,16). The summed E-state index contributed by atoms with van der Waals surface area (Å²) in [7, 11) is 1.83. The molecule has 0 aliphatic heterocycles.